The van der Waals surface area contributed by atoms with Gasteiger partial charge in [0, 0.05) is 27.8 Å². The third-order valence-corrected chi connectivity index (χ3v) is 14.4. The molecule has 0 atom stereocenters. The summed E-state index contributed by atoms with van der Waals surface area (Å²) >= 11 is 0. The Kier molecular flexibility index (Phi) is 8.50. The van der Waals surface area contributed by atoms with Gasteiger partial charge in [-0.05, 0) is 113 Å². The largest absolute Gasteiger partial charge is 0.457 e. The van der Waals surface area contributed by atoms with Gasteiger partial charge in [-0.2, -0.15) is 0 Å². The minimum atomic E-state index is -0.597. The van der Waals surface area contributed by atoms with Crippen molar-refractivity contribution in [2.45, 2.75) is 5.41 Å². The highest BCUT2D eigenvalue weighted by atomic mass is 16.5. The van der Waals surface area contributed by atoms with Crippen LogP contribution in [0.2, 0.25) is 0 Å². The number of ether oxygens (including phenoxy) is 1. The summed E-state index contributed by atoms with van der Waals surface area (Å²) in [7, 11) is 0. The lowest BCUT2D eigenvalue weighted by molar-refractivity contribution is 0.436. The molecule has 0 bridgehead atoms. The van der Waals surface area contributed by atoms with Crippen LogP contribution < -0.4 is 4.74 Å². The zero-order valence-electron chi connectivity index (χ0n) is 36.9. The summed E-state index contributed by atoms with van der Waals surface area (Å²) in [5.74, 6) is 2.38. The van der Waals surface area contributed by atoms with Crippen molar-refractivity contribution >= 4 is 32.3 Å². The minimum Gasteiger partial charge on any atom is -0.457 e. The van der Waals surface area contributed by atoms with Crippen molar-refractivity contribution in [2.24, 2.45) is 0 Å². The van der Waals surface area contributed by atoms with E-state index in [9.17, 15) is 0 Å². The molecule has 68 heavy (non-hydrogen) atoms. The molecule has 12 aromatic rings. The number of para-hydroxylation sites is 1. The van der Waals surface area contributed by atoms with Crippen LogP contribution in [0.1, 0.15) is 22.3 Å². The Bertz CT molecular complexity index is 3960. The summed E-state index contributed by atoms with van der Waals surface area (Å²) in [5.41, 5.74) is 15.9. The first-order valence-electron chi connectivity index (χ1n) is 23.3. The summed E-state index contributed by atoms with van der Waals surface area (Å²) in [6.07, 6.45) is 0. The molecule has 3 nitrogen and oxygen atoms in total. The molecule has 14 rings (SSSR count). The van der Waals surface area contributed by atoms with Crippen LogP contribution in [0.25, 0.3) is 99.6 Å². The highest BCUT2D eigenvalue weighted by molar-refractivity contribution is 6.20. The van der Waals surface area contributed by atoms with Crippen LogP contribution in [0.5, 0.6) is 11.5 Å². The number of fused-ring (bicyclic) bond motifs is 13. The summed E-state index contributed by atoms with van der Waals surface area (Å²) < 4.78 is 6.83. The third-order valence-electron chi connectivity index (χ3n) is 14.4. The van der Waals surface area contributed by atoms with Gasteiger partial charge in [0.2, 0.25) is 0 Å². The van der Waals surface area contributed by atoms with Crippen molar-refractivity contribution in [3.8, 4) is 78.8 Å². The molecule has 1 aromatic heterocycles. The van der Waals surface area contributed by atoms with Crippen molar-refractivity contribution in [3.05, 3.63) is 265 Å². The molecule has 0 fully saturated rings. The van der Waals surface area contributed by atoms with Gasteiger partial charge in [0.25, 0.3) is 0 Å². The van der Waals surface area contributed by atoms with Gasteiger partial charge in [0.05, 0.1) is 16.8 Å². The molecule has 0 amide bonds. The van der Waals surface area contributed by atoms with Gasteiger partial charge in [-0.25, -0.2) is 9.97 Å². The van der Waals surface area contributed by atoms with E-state index in [4.69, 9.17) is 14.7 Å². The van der Waals surface area contributed by atoms with Gasteiger partial charge < -0.3 is 4.74 Å². The number of nitrogens with zero attached hydrogens (tertiary/aromatic N) is 2. The molecule has 1 aliphatic heterocycles. The van der Waals surface area contributed by atoms with E-state index < -0.39 is 5.41 Å². The minimum absolute atomic E-state index is 0.597. The Labute approximate surface area is 394 Å². The number of benzene rings is 11. The van der Waals surface area contributed by atoms with E-state index in [1.54, 1.807) is 0 Å². The van der Waals surface area contributed by atoms with Crippen molar-refractivity contribution < 1.29 is 4.74 Å². The third kappa shape index (κ3) is 5.72. The normalized spacial score (nSPS) is 12.9. The average molecular weight is 865 g/mol. The van der Waals surface area contributed by atoms with Crippen LogP contribution in [0.3, 0.4) is 0 Å². The Morgan fingerprint density at radius 3 is 1.62 bits per heavy atom. The molecule has 0 radical (unpaired) electrons. The van der Waals surface area contributed by atoms with E-state index in [2.05, 4.69) is 243 Å². The van der Waals surface area contributed by atoms with Crippen molar-refractivity contribution in [1.82, 2.24) is 9.97 Å². The lowest BCUT2D eigenvalue weighted by Gasteiger charge is -2.39. The topological polar surface area (TPSA) is 35.0 Å². The van der Waals surface area contributed by atoms with Gasteiger partial charge >= 0.3 is 0 Å². The van der Waals surface area contributed by atoms with Crippen LogP contribution in [-0.2, 0) is 5.41 Å². The maximum absolute atomic E-state index is 6.83. The maximum atomic E-state index is 6.83. The predicted molar refractivity (Wildman–Crippen MR) is 279 cm³/mol. The van der Waals surface area contributed by atoms with E-state index in [0.717, 1.165) is 67.4 Å². The fourth-order valence-corrected chi connectivity index (χ4v) is 11.4. The maximum Gasteiger partial charge on any atom is 0.161 e. The smallest absolute Gasteiger partial charge is 0.161 e. The Morgan fingerprint density at radius 2 is 0.853 bits per heavy atom. The molecule has 0 saturated heterocycles. The van der Waals surface area contributed by atoms with Crippen LogP contribution >= 0.6 is 0 Å². The van der Waals surface area contributed by atoms with Crippen LogP contribution in [0.4, 0.5) is 0 Å². The summed E-state index contributed by atoms with van der Waals surface area (Å²) in [6, 6.07) is 87.3. The number of aromatic nitrogens is 2. The first-order valence-corrected chi connectivity index (χ1v) is 23.3. The molecule has 1 spiro atoms. The molecule has 1 aliphatic carbocycles. The molecule has 11 aromatic carbocycles. The van der Waals surface area contributed by atoms with Gasteiger partial charge in [-0.15, -0.1) is 0 Å². The zero-order chi connectivity index (χ0) is 44.8. The zero-order valence-corrected chi connectivity index (χ0v) is 36.9. The second-order valence-corrected chi connectivity index (χ2v) is 18.0. The van der Waals surface area contributed by atoms with Gasteiger partial charge in [-0.3, -0.25) is 0 Å². The molecule has 3 heteroatoms. The van der Waals surface area contributed by atoms with Crippen molar-refractivity contribution in [2.75, 3.05) is 0 Å². The van der Waals surface area contributed by atoms with E-state index in [1.165, 1.54) is 60.1 Å². The molecule has 0 unspecified atom stereocenters. The fourth-order valence-electron chi connectivity index (χ4n) is 11.4. The van der Waals surface area contributed by atoms with E-state index in [1.807, 2.05) is 0 Å². The molecule has 0 N–H and O–H groups in total. The average Bonchev–Trinajstić information content (AvgIpc) is 3.70. The number of hydrogen-bond donors (Lipinski definition) is 0. The van der Waals surface area contributed by atoms with Crippen molar-refractivity contribution in [1.29, 1.82) is 0 Å². The fraction of sp³-hybridized carbons (Fsp3) is 0.0154. The van der Waals surface area contributed by atoms with Gasteiger partial charge in [0.1, 0.15) is 11.5 Å². The second-order valence-electron chi connectivity index (χ2n) is 18.0. The van der Waals surface area contributed by atoms with Crippen LogP contribution in [0, 0.1) is 0 Å². The SMILES string of the molecule is c1ccc(-c2ccccc2-c2nc(-c3ccc(-c4c5ccccc5cc5c4ccc4ccccc45)cc3)cc(-c3ccc4c(c3)C3(c5ccccc5O4)c4ccccc4-c4ccccc43)n2)cc1. The quantitative estimate of drug-likeness (QED) is 0.128. The number of rotatable bonds is 5. The highest BCUT2D eigenvalue weighted by Gasteiger charge is 2.51. The molecule has 2 aliphatic rings. The molecular weight excluding hydrogens is 825 g/mol. The first-order chi connectivity index (χ1) is 33.7. The first kappa shape index (κ1) is 38.4. The predicted octanol–water partition coefficient (Wildman–Crippen LogP) is 16.7. The molecule has 2 heterocycles. The Hall–Kier alpha value is -8.92. The van der Waals surface area contributed by atoms with Crippen LogP contribution in [0.15, 0.2) is 243 Å². The molecular formula is C65H40N2O. The Balaban J connectivity index is 0.974. The van der Waals surface area contributed by atoms with E-state index in [0.29, 0.717) is 5.82 Å². The monoisotopic (exact) mass is 864 g/mol. The van der Waals surface area contributed by atoms with Crippen molar-refractivity contribution in [3.63, 3.8) is 0 Å². The molecule has 0 saturated carbocycles. The summed E-state index contributed by atoms with van der Waals surface area (Å²) in [5, 5.41) is 7.46. The standard InChI is InChI=1S/C65H40N2O/c1-2-16-41(17-3-1)47-20-8-9-25-53(47)64-66-59(43-30-32-44(33-31-43)63-49-22-7-5-19-45(49)38-54-48-21-6-4-18-42(48)34-36-52(54)63)40-60(67-64)46-35-37-62-58(39-46)65(57-28-14-15-29-61(57)68-62)55-26-12-10-23-50(55)51-24-11-13-27-56(51)65/h1-40H. The Morgan fingerprint density at radius 1 is 0.294 bits per heavy atom. The lowest BCUT2D eigenvalue weighted by atomic mass is 9.66. The van der Waals surface area contributed by atoms with Crippen LogP contribution in [-0.4, -0.2) is 9.97 Å². The molecule has 316 valence electrons. The second kappa shape index (κ2) is 15.1. The highest BCUT2D eigenvalue weighted by Crippen LogP contribution is 2.62. The van der Waals surface area contributed by atoms with Gasteiger partial charge in [-0.1, -0.05) is 206 Å². The number of hydrogen-bond acceptors (Lipinski definition) is 3. The summed E-state index contributed by atoms with van der Waals surface area (Å²) in [6.45, 7) is 0. The van der Waals surface area contributed by atoms with E-state index >= 15 is 0 Å². The van der Waals surface area contributed by atoms with E-state index in [-0.39, 0.29) is 0 Å². The van der Waals surface area contributed by atoms with Gasteiger partial charge in [0.15, 0.2) is 5.82 Å². The summed E-state index contributed by atoms with van der Waals surface area (Å²) in [4.78, 5) is 10.9. The lowest BCUT2D eigenvalue weighted by Crippen LogP contribution is -2.32.